The zero-order valence-corrected chi connectivity index (χ0v) is 21.7. The Bertz CT molecular complexity index is 1180. The summed E-state index contributed by atoms with van der Waals surface area (Å²) in [7, 11) is 0. The van der Waals surface area contributed by atoms with Gasteiger partial charge in [0, 0.05) is 13.8 Å². The number of carboxylic acid groups (broad SMARTS) is 1. The van der Waals surface area contributed by atoms with E-state index in [1.807, 2.05) is 0 Å². The van der Waals surface area contributed by atoms with E-state index in [1.54, 1.807) is 0 Å². The predicted molar refractivity (Wildman–Crippen MR) is 128 cm³/mol. The fraction of sp³-hybridized carbons (Fsp3) is 0.455. The van der Waals surface area contributed by atoms with Gasteiger partial charge >= 0.3 is 23.9 Å². The summed E-state index contributed by atoms with van der Waals surface area (Å²) in [6.45, 7) is 3.23. The first kappa shape index (κ1) is 29.2. The summed E-state index contributed by atoms with van der Waals surface area (Å²) >= 11 is 1.07. The number of nitrogens with one attached hydrogen (secondary N) is 1. The summed E-state index contributed by atoms with van der Waals surface area (Å²) in [5.41, 5.74) is -0.100. The van der Waals surface area contributed by atoms with Crippen molar-refractivity contribution in [1.82, 2.24) is 10.2 Å². The second-order valence-electron chi connectivity index (χ2n) is 8.35. The third-order valence-corrected chi connectivity index (χ3v) is 7.70. The van der Waals surface area contributed by atoms with Crippen LogP contribution in [0.2, 0.25) is 0 Å². The molecule has 0 saturated carbocycles. The quantitative estimate of drug-likeness (QED) is 0.233. The lowest BCUT2D eigenvalue weighted by molar-refractivity contribution is -0.161. The number of carboxylic acids is 1. The highest BCUT2D eigenvalue weighted by Gasteiger charge is 2.66. The number of halogens is 2. The van der Waals surface area contributed by atoms with Crippen LogP contribution in [0.25, 0.3) is 0 Å². The zero-order chi connectivity index (χ0) is 28.4. The SMILES string of the molecule is CC(=O)Oc1ccc(C(=O)OC[C@]2(C)S[C@@H]3[C@H](NC(=O)CSC(F)F)C(=O)N3[C@H]2C(=O)O)cc1OC(C)=O. The van der Waals surface area contributed by atoms with Crippen LogP contribution in [0.4, 0.5) is 8.78 Å². The Labute approximate surface area is 222 Å². The van der Waals surface area contributed by atoms with Crippen molar-refractivity contribution < 1.29 is 56.9 Å². The van der Waals surface area contributed by atoms with Crippen LogP contribution >= 0.6 is 23.5 Å². The smallest absolute Gasteiger partial charge is 0.338 e. The molecule has 3 rings (SSSR count). The lowest BCUT2D eigenvalue weighted by atomic mass is 9.95. The van der Waals surface area contributed by atoms with Gasteiger partial charge in [-0.15, -0.1) is 11.8 Å². The molecule has 2 aliphatic heterocycles. The van der Waals surface area contributed by atoms with E-state index in [2.05, 4.69) is 5.32 Å². The molecular formula is C22H22F2N2O10S2. The van der Waals surface area contributed by atoms with Gasteiger partial charge in [-0.2, -0.15) is 8.78 Å². The molecule has 1 aromatic carbocycles. The molecule has 2 heterocycles. The van der Waals surface area contributed by atoms with Crippen molar-refractivity contribution in [2.45, 2.75) is 48.7 Å². The van der Waals surface area contributed by atoms with Crippen LogP contribution in [-0.2, 0) is 28.7 Å². The van der Waals surface area contributed by atoms with Crippen LogP contribution in [0.1, 0.15) is 31.1 Å². The van der Waals surface area contributed by atoms with E-state index in [-0.39, 0.29) is 28.8 Å². The van der Waals surface area contributed by atoms with Gasteiger partial charge in [-0.1, -0.05) is 11.8 Å². The maximum Gasteiger partial charge on any atom is 0.338 e. The van der Waals surface area contributed by atoms with Gasteiger partial charge in [-0.25, -0.2) is 9.59 Å². The van der Waals surface area contributed by atoms with Crippen molar-refractivity contribution >= 4 is 59.2 Å². The van der Waals surface area contributed by atoms with E-state index in [0.717, 1.165) is 36.6 Å². The summed E-state index contributed by atoms with van der Waals surface area (Å²) in [5.74, 6) is -8.92. The fourth-order valence-electron chi connectivity index (χ4n) is 3.90. The summed E-state index contributed by atoms with van der Waals surface area (Å²) in [6.07, 6.45) is 0. The number of hydrogen-bond acceptors (Lipinski definition) is 11. The second-order valence-corrected chi connectivity index (χ2v) is 11.0. The molecule has 2 aliphatic rings. The summed E-state index contributed by atoms with van der Waals surface area (Å²) in [4.78, 5) is 73.0. The number of rotatable bonds is 10. The molecule has 2 fully saturated rings. The molecule has 0 aliphatic carbocycles. The highest BCUT2D eigenvalue weighted by Crippen LogP contribution is 2.51. The minimum absolute atomic E-state index is 0.0838. The highest BCUT2D eigenvalue weighted by atomic mass is 32.2. The molecule has 0 radical (unpaired) electrons. The number of β-lactam (4-membered cyclic amide) rings is 1. The third-order valence-electron chi connectivity index (χ3n) is 5.39. The third kappa shape index (κ3) is 6.35. The number of nitrogens with zero attached hydrogens (tertiary/aromatic N) is 1. The lowest BCUT2D eigenvalue weighted by Gasteiger charge is -2.43. The van der Waals surface area contributed by atoms with E-state index < -0.39 is 76.0 Å². The molecule has 0 aromatic heterocycles. The first-order valence-corrected chi connectivity index (χ1v) is 12.8. The number of alkyl halides is 2. The Kier molecular flexibility index (Phi) is 8.86. The molecule has 0 spiro atoms. The average molecular weight is 577 g/mol. The van der Waals surface area contributed by atoms with Crippen molar-refractivity contribution in [3.05, 3.63) is 23.8 Å². The van der Waals surface area contributed by atoms with Crippen LogP contribution < -0.4 is 14.8 Å². The van der Waals surface area contributed by atoms with Crippen LogP contribution in [0.15, 0.2) is 18.2 Å². The number of carbonyl (C=O) groups is 6. The molecule has 2 N–H and O–H groups in total. The number of esters is 3. The van der Waals surface area contributed by atoms with E-state index in [4.69, 9.17) is 14.2 Å². The Morgan fingerprint density at radius 1 is 1.16 bits per heavy atom. The van der Waals surface area contributed by atoms with Gasteiger partial charge in [0.2, 0.25) is 11.8 Å². The molecule has 4 atom stereocenters. The van der Waals surface area contributed by atoms with E-state index >= 15 is 0 Å². The molecule has 206 valence electrons. The van der Waals surface area contributed by atoms with Gasteiger partial charge in [-0.05, 0) is 25.1 Å². The molecule has 1 aromatic rings. The van der Waals surface area contributed by atoms with Gasteiger partial charge in [0.05, 0.1) is 16.1 Å². The van der Waals surface area contributed by atoms with Gasteiger partial charge in [0.1, 0.15) is 24.1 Å². The number of hydrogen-bond donors (Lipinski definition) is 2. The number of thioether (sulfide) groups is 2. The Balaban J connectivity index is 1.72. The Morgan fingerprint density at radius 2 is 1.79 bits per heavy atom. The fourth-order valence-corrected chi connectivity index (χ4v) is 5.94. The summed E-state index contributed by atoms with van der Waals surface area (Å²) in [5, 5.41) is 11.3. The highest BCUT2D eigenvalue weighted by molar-refractivity contribution is 8.01. The average Bonchev–Trinajstić information content (AvgIpc) is 3.10. The van der Waals surface area contributed by atoms with Gasteiger partial charge < -0.3 is 29.5 Å². The predicted octanol–water partition coefficient (Wildman–Crippen LogP) is 1.26. The molecule has 0 bridgehead atoms. The Morgan fingerprint density at radius 3 is 2.37 bits per heavy atom. The number of amides is 2. The van der Waals surface area contributed by atoms with Crippen LogP contribution in [0.5, 0.6) is 11.5 Å². The first-order valence-electron chi connectivity index (χ1n) is 10.8. The molecule has 2 saturated heterocycles. The molecule has 38 heavy (non-hydrogen) atoms. The van der Waals surface area contributed by atoms with Crippen molar-refractivity contribution in [2.75, 3.05) is 12.4 Å². The number of aliphatic carboxylic acids is 1. The summed E-state index contributed by atoms with van der Waals surface area (Å²) < 4.78 is 38.6. The second kappa shape index (κ2) is 11.6. The van der Waals surface area contributed by atoms with E-state index in [9.17, 15) is 42.7 Å². The van der Waals surface area contributed by atoms with Crippen molar-refractivity contribution in [3.63, 3.8) is 0 Å². The summed E-state index contributed by atoms with van der Waals surface area (Å²) in [6, 6.07) is 1.04. The normalized spacial score (nSPS) is 23.8. The van der Waals surface area contributed by atoms with Crippen molar-refractivity contribution in [1.29, 1.82) is 0 Å². The largest absolute Gasteiger partial charge is 0.480 e. The van der Waals surface area contributed by atoms with Crippen LogP contribution in [0, 0.1) is 0 Å². The lowest BCUT2D eigenvalue weighted by Crippen LogP contribution is -2.71. The number of ether oxygens (including phenoxy) is 3. The van der Waals surface area contributed by atoms with Gasteiger partial charge in [0.15, 0.2) is 11.5 Å². The molecule has 2 amide bonds. The maximum atomic E-state index is 12.7. The van der Waals surface area contributed by atoms with Crippen LogP contribution in [0.3, 0.4) is 0 Å². The standard InChI is InChI=1S/C22H22F2N2O10S2/c1-9(27)35-12-5-4-11(6-13(12)36-10(2)28)20(33)34-8-22(3)16(19(31)32)26-17(30)15(18(26)38-22)25-14(29)7-37-21(23)24/h4-6,15-16,18,21H,7-8H2,1-3H3,(H,25,29)(H,31,32)/t15-,16+,18-,22+/m1/s1. The minimum Gasteiger partial charge on any atom is -0.480 e. The number of carbonyl (C=O) groups excluding carboxylic acids is 5. The molecule has 16 heteroatoms. The van der Waals surface area contributed by atoms with E-state index in [1.165, 1.54) is 19.1 Å². The van der Waals surface area contributed by atoms with Gasteiger partial charge in [0.25, 0.3) is 5.76 Å². The van der Waals surface area contributed by atoms with Gasteiger partial charge in [-0.3, -0.25) is 19.2 Å². The van der Waals surface area contributed by atoms with E-state index in [0.29, 0.717) is 0 Å². The Hall–Kier alpha value is -3.40. The van der Waals surface area contributed by atoms with Crippen molar-refractivity contribution in [3.8, 4) is 11.5 Å². The number of fused-ring (bicyclic) bond motifs is 1. The topological polar surface area (TPSA) is 166 Å². The maximum absolute atomic E-state index is 12.7. The van der Waals surface area contributed by atoms with Crippen LogP contribution in [-0.4, -0.2) is 86.0 Å². The minimum atomic E-state index is -2.77. The molecule has 0 unspecified atom stereocenters. The monoisotopic (exact) mass is 576 g/mol. The zero-order valence-electron chi connectivity index (χ0n) is 20.1. The molecular weight excluding hydrogens is 554 g/mol. The molecule has 12 nitrogen and oxygen atoms in total. The number of benzene rings is 1. The van der Waals surface area contributed by atoms with Crippen molar-refractivity contribution in [2.24, 2.45) is 0 Å². The first-order chi connectivity index (χ1) is 17.7.